The van der Waals surface area contributed by atoms with E-state index in [4.69, 9.17) is 22.4 Å². The number of carbonyl (C=O) groups excluding carboxylic acids is 1. The molecule has 2 unspecified atom stereocenters. The Bertz CT molecular complexity index is 861. The Balaban J connectivity index is 2.01. The summed E-state index contributed by atoms with van der Waals surface area (Å²) in [5, 5.41) is 9.73. The molecule has 1 fully saturated rings. The summed E-state index contributed by atoms with van der Waals surface area (Å²) in [4.78, 5) is 25.8. The predicted molar refractivity (Wildman–Crippen MR) is 111 cm³/mol. The molecule has 3 rings (SSSR count). The van der Waals surface area contributed by atoms with Crippen molar-refractivity contribution in [2.75, 3.05) is 18.0 Å². The number of rotatable bonds is 6. The SMILES string of the molecule is CC(c1c(Cl)cccc1N1CCCCC1)C(C(N)=O)c1ccc(C(=O)O)cc1. The maximum absolute atomic E-state index is 12.4. The second-order valence-electron chi connectivity index (χ2n) is 7.32. The number of aromatic carboxylic acids is 1. The quantitative estimate of drug-likeness (QED) is 0.752. The van der Waals surface area contributed by atoms with Crippen LogP contribution in [0.5, 0.6) is 0 Å². The minimum atomic E-state index is -1.01. The molecule has 3 N–H and O–H groups in total. The standard InChI is InChI=1S/C22H25ClN2O3/c1-14(19(21(24)26)15-8-10-16(11-9-15)22(27)28)20-17(23)6-5-7-18(20)25-12-3-2-4-13-25/h5-11,14,19H,2-4,12-13H2,1H3,(H2,24,26)(H,27,28). The number of amides is 1. The average Bonchev–Trinajstić information content (AvgIpc) is 2.68. The zero-order valence-corrected chi connectivity index (χ0v) is 16.7. The minimum absolute atomic E-state index is 0.173. The van der Waals surface area contributed by atoms with Crippen LogP contribution in [0.15, 0.2) is 42.5 Å². The first kappa shape index (κ1) is 20.2. The molecule has 5 nitrogen and oxygen atoms in total. The molecular weight excluding hydrogens is 376 g/mol. The van der Waals surface area contributed by atoms with E-state index in [-0.39, 0.29) is 11.5 Å². The van der Waals surface area contributed by atoms with Crippen LogP contribution < -0.4 is 10.6 Å². The van der Waals surface area contributed by atoms with Gasteiger partial charge in [0.05, 0.1) is 11.5 Å². The second kappa shape index (κ2) is 8.65. The van der Waals surface area contributed by atoms with Crippen LogP contribution in [0.2, 0.25) is 5.02 Å². The van der Waals surface area contributed by atoms with Gasteiger partial charge in [-0.3, -0.25) is 4.79 Å². The Morgan fingerprint density at radius 3 is 2.29 bits per heavy atom. The highest BCUT2D eigenvalue weighted by Crippen LogP contribution is 2.42. The number of nitrogens with two attached hydrogens (primary N) is 1. The highest BCUT2D eigenvalue weighted by Gasteiger charge is 2.30. The van der Waals surface area contributed by atoms with Crippen molar-refractivity contribution in [2.24, 2.45) is 5.73 Å². The maximum Gasteiger partial charge on any atom is 0.335 e. The minimum Gasteiger partial charge on any atom is -0.478 e. The molecule has 0 bridgehead atoms. The molecule has 1 heterocycles. The number of carboxylic acids is 1. The zero-order valence-electron chi connectivity index (χ0n) is 15.9. The van der Waals surface area contributed by atoms with Gasteiger partial charge in [-0.05, 0) is 54.7 Å². The number of carboxylic acid groups (broad SMARTS) is 1. The first-order chi connectivity index (χ1) is 13.4. The van der Waals surface area contributed by atoms with E-state index in [1.807, 2.05) is 19.1 Å². The monoisotopic (exact) mass is 400 g/mol. The highest BCUT2D eigenvalue weighted by atomic mass is 35.5. The molecule has 2 atom stereocenters. The predicted octanol–water partition coefficient (Wildman–Crippen LogP) is 4.40. The van der Waals surface area contributed by atoms with Crippen LogP contribution in [0.4, 0.5) is 5.69 Å². The Morgan fingerprint density at radius 2 is 1.71 bits per heavy atom. The largest absolute Gasteiger partial charge is 0.478 e. The van der Waals surface area contributed by atoms with Gasteiger partial charge in [0, 0.05) is 29.7 Å². The lowest BCUT2D eigenvalue weighted by Crippen LogP contribution is -2.32. The number of benzene rings is 2. The molecule has 148 valence electrons. The molecule has 0 radical (unpaired) electrons. The van der Waals surface area contributed by atoms with Gasteiger partial charge in [0.25, 0.3) is 0 Å². The Hall–Kier alpha value is -2.53. The van der Waals surface area contributed by atoms with E-state index in [0.29, 0.717) is 10.6 Å². The summed E-state index contributed by atoms with van der Waals surface area (Å²) in [6.45, 7) is 3.89. The Morgan fingerprint density at radius 1 is 1.07 bits per heavy atom. The fourth-order valence-corrected chi connectivity index (χ4v) is 4.43. The van der Waals surface area contributed by atoms with Crippen LogP contribution in [0.25, 0.3) is 0 Å². The van der Waals surface area contributed by atoms with Crippen LogP contribution in [-0.4, -0.2) is 30.1 Å². The third kappa shape index (κ3) is 4.14. The van der Waals surface area contributed by atoms with Crippen LogP contribution >= 0.6 is 11.6 Å². The lowest BCUT2D eigenvalue weighted by molar-refractivity contribution is -0.119. The lowest BCUT2D eigenvalue weighted by atomic mass is 9.81. The van der Waals surface area contributed by atoms with Gasteiger partial charge in [-0.2, -0.15) is 0 Å². The first-order valence-electron chi connectivity index (χ1n) is 9.56. The molecule has 0 aromatic heterocycles. The van der Waals surface area contributed by atoms with E-state index >= 15 is 0 Å². The number of piperidine rings is 1. The Kier molecular flexibility index (Phi) is 6.25. The number of carbonyl (C=O) groups is 2. The number of primary amides is 1. The summed E-state index contributed by atoms with van der Waals surface area (Å²) >= 11 is 6.59. The third-order valence-corrected chi connectivity index (χ3v) is 5.83. The van der Waals surface area contributed by atoms with E-state index in [9.17, 15) is 9.59 Å². The molecule has 2 aromatic carbocycles. The summed E-state index contributed by atoms with van der Waals surface area (Å²) in [6, 6.07) is 12.1. The van der Waals surface area contributed by atoms with Crippen molar-refractivity contribution in [1.29, 1.82) is 0 Å². The first-order valence-corrected chi connectivity index (χ1v) is 9.94. The van der Waals surface area contributed by atoms with Gasteiger partial charge in [0.15, 0.2) is 0 Å². The van der Waals surface area contributed by atoms with Crippen molar-refractivity contribution in [2.45, 2.75) is 38.0 Å². The average molecular weight is 401 g/mol. The molecule has 0 saturated carbocycles. The summed E-state index contributed by atoms with van der Waals surface area (Å²) in [5.74, 6) is -2.32. The van der Waals surface area contributed by atoms with E-state index in [0.717, 1.165) is 37.2 Å². The summed E-state index contributed by atoms with van der Waals surface area (Å²) in [6.07, 6.45) is 3.49. The molecule has 1 aliphatic rings. The van der Waals surface area contributed by atoms with Gasteiger partial charge in [-0.15, -0.1) is 0 Å². The van der Waals surface area contributed by atoms with Crippen LogP contribution in [-0.2, 0) is 4.79 Å². The summed E-state index contributed by atoms with van der Waals surface area (Å²) in [5.41, 5.74) is 8.60. The number of hydrogen-bond acceptors (Lipinski definition) is 3. The van der Waals surface area contributed by atoms with Gasteiger partial charge < -0.3 is 15.7 Å². The van der Waals surface area contributed by atoms with Gasteiger partial charge in [-0.25, -0.2) is 4.79 Å². The van der Waals surface area contributed by atoms with Gasteiger partial charge >= 0.3 is 5.97 Å². The van der Waals surface area contributed by atoms with Gasteiger partial charge in [0.1, 0.15) is 0 Å². The van der Waals surface area contributed by atoms with E-state index < -0.39 is 17.8 Å². The van der Waals surface area contributed by atoms with Crippen molar-refractivity contribution in [3.63, 3.8) is 0 Å². The highest BCUT2D eigenvalue weighted by molar-refractivity contribution is 6.31. The molecule has 1 saturated heterocycles. The van der Waals surface area contributed by atoms with E-state index in [1.54, 1.807) is 12.1 Å². The van der Waals surface area contributed by atoms with Crippen molar-refractivity contribution < 1.29 is 14.7 Å². The topological polar surface area (TPSA) is 83.6 Å². The van der Waals surface area contributed by atoms with Crippen LogP contribution in [0.3, 0.4) is 0 Å². The number of halogens is 1. The van der Waals surface area contributed by atoms with Crippen molar-refractivity contribution in [3.8, 4) is 0 Å². The molecule has 1 amide bonds. The fraction of sp³-hybridized carbons (Fsp3) is 0.364. The van der Waals surface area contributed by atoms with Gasteiger partial charge in [0.2, 0.25) is 5.91 Å². The van der Waals surface area contributed by atoms with E-state index in [2.05, 4.69) is 11.0 Å². The molecule has 2 aromatic rings. The second-order valence-corrected chi connectivity index (χ2v) is 7.72. The Labute approximate surface area is 170 Å². The maximum atomic E-state index is 12.4. The molecule has 28 heavy (non-hydrogen) atoms. The normalized spacial score (nSPS) is 16.4. The van der Waals surface area contributed by atoms with Crippen molar-refractivity contribution in [3.05, 3.63) is 64.2 Å². The van der Waals surface area contributed by atoms with Crippen LogP contribution in [0.1, 0.15) is 59.5 Å². The molecular formula is C22H25ClN2O3. The molecule has 6 heteroatoms. The lowest BCUT2D eigenvalue weighted by Gasteiger charge is -2.34. The zero-order chi connectivity index (χ0) is 20.3. The summed E-state index contributed by atoms with van der Waals surface area (Å²) in [7, 11) is 0. The van der Waals surface area contributed by atoms with E-state index in [1.165, 1.54) is 18.6 Å². The molecule has 0 aliphatic carbocycles. The third-order valence-electron chi connectivity index (χ3n) is 5.51. The van der Waals surface area contributed by atoms with Gasteiger partial charge in [-0.1, -0.05) is 36.7 Å². The van der Waals surface area contributed by atoms with Crippen LogP contribution in [0, 0.1) is 0 Å². The smallest absolute Gasteiger partial charge is 0.335 e. The number of hydrogen-bond donors (Lipinski definition) is 2. The van der Waals surface area contributed by atoms with Crippen molar-refractivity contribution >= 4 is 29.2 Å². The summed E-state index contributed by atoms with van der Waals surface area (Å²) < 4.78 is 0. The number of nitrogens with zero attached hydrogens (tertiary/aromatic N) is 1. The molecule has 0 spiro atoms. The molecule has 1 aliphatic heterocycles. The number of anilines is 1. The van der Waals surface area contributed by atoms with Crippen molar-refractivity contribution in [1.82, 2.24) is 0 Å². The fourth-order valence-electron chi connectivity index (χ4n) is 4.09.